The van der Waals surface area contributed by atoms with Crippen LogP contribution >= 0.6 is 23.1 Å². The van der Waals surface area contributed by atoms with E-state index >= 15 is 0 Å². The number of non-ortho nitro benzene ring substituents is 1. The Balaban J connectivity index is 1.41. The molecule has 1 aliphatic heterocycles. The monoisotopic (exact) mass is 489 g/mol. The topological polar surface area (TPSA) is 93.4 Å². The number of rotatable bonds is 5. The third-order valence-electron chi connectivity index (χ3n) is 5.87. The lowest BCUT2D eigenvalue weighted by atomic mass is 10.0. The lowest BCUT2D eigenvalue weighted by Crippen LogP contribution is -2.29. The Morgan fingerprint density at radius 1 is 0.971 bits per heavy atom. The van der Waals surface area contributed by atoms with Gasteiger partial charge in [-0.15, -0.1) is 11.3 Å². The summed E-state index contributed by atoms with van der Waals surface area (Å²) in [6, 6.07) is 13.3. The number of nitrogens with zero attached hydrogens (tertiary/aromatic N) is 3. The Bertz CT molecular complexity index is 1500. The van der Waals surface area contributed by atoms with Gasteiger partial charge in [0.05, 0.1) is 32.0 Å². The highest BCUT2D eigenvalue weighted by molar-refractivity contribution is 8.00. The molecule has 2 heterocycles. The summed E-state index contributed by atoms with van der Waals surface area (Å²) in [5, 5.41) is 11.1. The van der Waals surface area contributed by atoms with Crippen molar-refractivity contribution in [2.75, 3.05) is 4.90 Å². The van der Waals surface area contributed by atoms with Gasteiger partial charge in [0.1, 0.15) is 0 Å². The first-order valence-corrected chi connectivity index (χ1v) is 12.3. The Hall–Kier alpha value is -3.56. The van der Waals surface area contributed by atoms with Crippen molar-refractivity contribution in [3.63, 3.8) is 0 Å². The fourth-order valence-corrected chi connectivity index (χ4v) is 6.54. The highest BCUT2D eigenvalue weighted by atomic mass is 32.2. The smallest absolute Gasteiger partial charge is 0.268 e. The van der Waals surface area contributed by atoms with Crippen LogP contribution in [0.3, 0.4) is 0 Å². The van der Waals surface area contributed by atoms with Crippen LogP contribution in [0.4, 0.5) is 11.4 Å². The first-order chi connectivity index (χ1) is 16.2. The van der Waals surface area contributed by atoms with Gasteiger partial charge in [0.25, 0.3) is 17.5 Å². The van der Waals surface area contributed by atoms with E-state index in [4.69, 9.17) is 4.98 Å². The van der Waals surface area contributed by atoms with Crippen LogP contribution in [0.5, 0.6) is 0 Å². The summed E-state index contributed by atoms with van der Waals surface area (Å²) in [5.41, 5.74) is 6.28. The summed E-state index contributed by atoms with van der Waals surface area (Å²) in [6.07, 6.45) is 0. The molecule has 4 aromatic rings. The van der Waals surface area contributed by atoms with E-state index in [1.54, 1.807) is 30.0 Å². The van der Waals surface area contributed by atoms with Crippen molar-refractivity contribution in [1.29, 1.82) is 0 Å². The summed E-state index contributed by atoms with van der Waals surface area (Å²) < 4.78 is 1.77. The zero-order valence-corrected chi connectivity index (χ0v) is 20.3. The average molecular weight is 490 g/mol. The van der Waals surface area contributed by atoms with Crippen molar-refractivity contribution < 1.29 is 14.5 Å². The molecule has 0 saturated carbocycles. The number of thiazole rings is 1. The lowest BCUT2D eigenvalue weighted by molar-refractivity contribution is -0.384. The van der Waals surface area contributed by atoms with Crippen LogP contribution in [0, 0.1) is 30.9 Å². The molecule has 0 bridgehead atoms. The molecule has 2 amide bonds. The average Bonchev–Trinajstić information content (AvgIpc) is 3.30. The van der Waals surface area contributed by atoms with E-state index in [-0.39, 0.29) is 16.8 Å². The number of hydrogen-bond acceptors (Lipinski definition) is 7. The van der Waals surface area contributed by atoms with E-state index in [1.165, 1.54) is 45.7 Å². The number of fused-ring (bicyclic) bond motifs is 2. The van der Waals surface area contributed by atoms with Gasteiger partial charge in [-0.25, -0.2) is 9.88 Å². The summed E-state index contributed by atoms with van der Waals surface area (Å²) in [7, 11) is 0. The Morgan fingerprint density at radius 2 is 1.68 bits per heavy atom. The first-order valence-electron chi connectivity index (χ1n) is 10.5. The van der Waals surface area contributed by atoms with Crippen LogP contribution in [0.15, 0.2) is 52.9 Å². The molecule has 1 aromatic heterocycles. The number of nitro groups is 1. The zero-order chi connectivity index (χ0) is 24.1. The molecule has 0 N–H and O–H groups in total. The maximum absolute atomic E-state index is 12.9. The van der Waals surface area contributed by atoms with Gasteiger partial charge < -0.3 is 0 Å². The van der Waals surface area contributed by atoms with Crippen LogP contribution in [-0.2, 0) is 5.75 Å². The van der Waals surface area contributed by atoms with Crippen LogP contribution in [-0.4, -0.2) is 21.7 Å². The van der Waals surface area contributed by atoms with E-state index in [0.29, 0.717) is 5.69 Å². The van der Waals surface area contributed by atoms with Gasteiger partial charge in [0.15, 0.2) is 4.34 Å². The SMILES string of the molecule is Cc1cc(C)c(CSc2nc3ccc(N4C(=O)c5ccc([N+](=O)[O-])cc5C4=O)cc3s2)c(C)c1. The highest BCUT2D eigenvalue weighted by Gasteiger charge is 2.38. The van der Waals surface area contributed by atoms with Gasteiger partial charge >= 0.3 is 0 Å². The molecular formula is C25H19N3O4S2. The highest BCUT2D eigenvalue weighted by Crippen LogP contribution is 2.37. The molecule has 0 atom stereocenters. The summed E-state index contributed by atoms with van der Waals surface area (Å²) >= 11 is 3.17. The van der Waals surface area contributed by atoms with E-state index in [9.17, 15) is 19.7 Å². The number of anilines is 1. The first kappa shape index (κ1) is 22.2. The molecule has 34 heavy (non-hydrogen) atoms. The van der Waals surface area contributed by atoms with Gasteiger partial charge in [-0.3, -0.25) is 19.7 Å². The summed E-state index contributed by atoms with van der Waals surface area (Å²) in [4.78, 5) is 42.1. The van der Waals surface area contributed by atoms with E-state index < -0.39 is 16.7 Å². The predicted molar refractivity (Wildman–Crippen MR) is 134 cm³/mol. The third-order valence-corrected chi connectivity index (χ3v) is 8.06. The lowest BCUT2D eigenvalue weighted by Gasteiger charge is -2.13. The third kappa shape index (κ3) is 3.76. The second kappa shape index (κ2) is 8.34. The van der Waals surface area contributed by atoms with Crippen molar-refractivity contribution >= 4 is 56.5 Å². The molecule has 0 unspecified atom stereocenters. The second-order valence-corrected chi connectivity index (χ2v) is 10.5. The van der Waals surface area contributed by atoms with Crippen LogP contribution < -0.4 is 4.90 Å². The van der Waals surface area contributed by atoms with Crippen LogP contribution in [0.1, 0.15) is 43.0 Å². The molecule has 9 heteroatoms. The van der Waals surface area contributed by atoms with Crippen molar-refractivity contribution in [1.82, 2.24) is 4.98 Å². The van der Waals surface area contributed by atoms with Crippen LogP contribution in [0.25, 0.3) is 10.2 Å². The molecule has 0 saturated heterocycles. The number of benzene rings is 3. The van der Waals surface area contributed by atoms with Gasteiger partial charge in [0.2, 0.25) is 0 Å². The quantitative estimate of drug-likeness (QED) is 0.143. The second-order valence-electron chi connectivity index (χ2n) is 8.23. The van der Waals surface area contributed by atoms with Crippen molar-refractivity contribution in [3.05, 3.63) is 92.0 Å². The van der Waals surface area contributed by atoms with Gasteiger partial charge in [-0.05, 0) is 61.7 Å². The van der Waals surface area contributed by atoms with Crippen molar-refractivity contribution in [2.24, 2.45) is 0 Å². The van der Waals surface area contributed by atoms with E-state index in [1.807, 2.05) is 0 Å². The van der Waals surface area contributed by atoms with E-state index in [0.717, 1.165) is 31.3 Å². The van der Waals surface area contributed by atoms with Gasteiger partial charge in [0, 0.05) is 17.9 Å². The normalized spacial score (nSPS) is 13.1. The Morgan fingerprint density at radius 3 is 2.38 bits per heavy atom. The number of amides is 2. The fraction of sp³-hybridized carbons (Fsp3) is 0.160. The van der Waals surface area contributed by atoms with Gasteiger partial charge in [-0.2, -0.15) is 0 Å². The summed E-state index contributed by atoms with van der Waals surface area (Å²) in [6.45, 7) is 6.34. The van der Waals surface area contributed by atoms with Gasteiger partial charge in [-0.1, -0.05) is 29.5 Å². The molecule has 7 nitrogen and oxygen atoms in total. The number of imide groups is 1. The number of aryl methyl sites for hydroxylation is 3. The summed E-state index contributed by atoms with van der Waals surface area (Å²) in [5.74, 6) is -0.242. The maximum Gasteiger partial charge on any atom is 0.270 e. The molecule has 3 aromatic carbocycles. The van der Waals surface area contributed by atoms with Crippen LogP contribution in [0.2, 0.25) is 0 Å². The number of nitro benzene ring substituents is 1. The Kier molecular flexibility index (Phi) is 5.45. The largest absolute Gasteiger partial charge is 0.270 e. The molecule has 1 aliphatic rings. The number of aromatic nitrogens is 1. The van der Waals surface area contributed by atoms with E-state index in [2.05, 4.69) is 32.9 Å². The molecule has 5 rings (SSSR count). The molecule has 0 fully saturated rings. The minimum Gasteiger partial charge on any atom is -0.268 e. The number of carbonyl (C=O) groups excluding carboxylic acids is 2. The maximum atomic E-state index is 12.9. The molecule has 0 aliphatic carbocycles. The number of carbonyl (C=O) groups is 2. The zero-order valence-electron chi connectivity index (χ0n) is 18.6. The van der Waals surface area contributed by atoms with Crippen molar-refractivity contribution in [2.45, 2.75) is 30.9 Å². The predicted octanol–water partition coefficient (Wildman–Crippen LogP) is 6.22. The fourth-order valence-electron chi connectivity index (χ4n) is 4.24. The molecular weight excluding hydrogens is 470 g/mol. The molecule has 0 spiro atoms. The van der Waals surface area contributed by atoms with Crippen molar-refractivity contribution in [3.8, 4) is 0 Å². The molecule has 0 radical (unpaired) electrons. The molecule has 170 valence electrons. The minimum atomic E-state index is -0.580. The number of hydrogen-bond donors (Lipinski definition) is 0. The standard InChI is InChI=1S/C25H19N3O4S2/c1-13-8-14(2)20(15(3)9-13)12-33-25-26-21-7-5-16(11-22(21)34-25)27-23(29)18-6-4-17(28(31)32)10-19(18)24(27)30/h4-11H,12H2,1-3H3. The minimum absolute atomic E-state index is 0.0451. The Labute approximate surface area is 203 Å². The number of thioether (sulfide) groups is 1.